The van der Waals surface area contributed by atoms with Gasteiger partial charge in [-0.1, -0.05) is 18.5 Å². The summed E-state index contributed by atoms with van der Waals surface area (Å²) in [6.45, 7) is 2.70. The van der Waals surface area contributed by atoms with Crippen LogP contribution in [0.3, 0.4) is 0 Å². The SMILES string of the molecule is CCc1cc(Cl)c(O)c2nc(CN(C)C)cnc12. The summed E-state index contributed by atoms with van der Waals surface area (Å²) in [5.74, 6) is 0.0111. The fourth-order valence-corrected chi connectivity index (χ4v) is 2.12. The number of rotatable bonds is 3. The average molecular weight is 266 g/mol. The predicted molar refractivity (Wildman–Crippen MR) is 73.0 cm³/mol. The molecule has 0 amide bonds. The van der Waals surface area contributed by atoms with Gasteiger partial charge in [-0.15, -0.1) is 0 Å². The third-order valence-electron chi connectivity index (χ3n) is 2.74. The molecule has 0 atom stereocenters. The first kappa shape index (κ1) is 13.1. The molecule has 0 aliphatic rings. The number of phenolic OH excluding ortho intramolecular Hbond substituents is 1. The highest BCUT2D eigenvalue weighted by atomic mass is 35.5. The summed E-state index contributed by atoms with van der Waals surface area (Å²) in [7, 11) is 3.92. The molecule has 4 nitrogen and oxygen atoms in total. The van der Waals surface area contributed by atoms with Crippen LogP contribution in [0.2, 0.25) is 5.02 Å². The summed E-state index contributed by atoms with van der Waals surface area (Å²) >= 11 is 6.00. The maximum atomic E-state index is 9.99. The molecule has 0 spiro atoms. The van der Waals surface area contributed by atoms with Crippen LogP contribution in [-0.2, 0) is 13.0 Å². The van der Waals surface area contributed by atoms with Crippen LogP contribution in [0.4, 0.5) is 0 Å². The molecule has 1 aromatic carbocycles. The highest BCUT2D eigenvalue weighted by Gasteiger charge is 2.12. The minimum absolute atomic E-state index is 0.0111. The number of aromatic nitrogens is 2. The van der Waals surface area contributed by atoms with Crippen LogP contribution in [0.1, 0.15) is 18.2 Å². The van der Waals surface area contributed by atoms with Crippen molar-refractivity contribution in [2.45, 2.75) is 19.9 Å². The number of halogens is 1. The van der Waals surface area contributed by atoms with Crippen molar-refractivity contribution in [3.05, 3.63) is 28.5 Å². The maximum Gasteiger partial charge on any atom is 0.162 e. The predicted octanol–water partition coefficient (Wildman–Crippen LogP) is 2.61. The van der Waals surface area contributed by atoms with E-state index in [0.717, 1.165) is 23.2 Å². The molecular formula is C13H16ClN3O. The Labute approximate surface area is 111 Å². The van der Waals surface area contributed by atoms with Gasteiger partial charge in [0.2, 0.25) is 0 Å². The van der Waals surface area contributed by atoms with Crippen molar-refractivity contribution in [2.75, 3.05) is 14.1 Å². The van der Waals surface area contributed by atoms with E-state index in [1.54, 1.807) is 12.3 Å². The number of fused-ring (bicyclic) bond motifs is 1. The van der Waals surface area contributed by atoms with E-state index in [1.165, 1.54) is 0 Å². The normalized spacial score (nSPS) is 11.4. The Balaban J connectivity index is 2.64. The van der Waals surface area contributed by atoms with Crippen molar-refractivity contribution in [2.24, 2.45) is 0 Å². The smallest absolute Gasteiger partial charge is 0.162 e. The van der Waals surface area contributed by atoms with Gasteiger partial charge in [0.15, 0.2) is 5.75 Å². The molecule has 96 valence electrons. The number of aryl methyl sites for hydroxylation is 1. The lowest BCUT2D eigenvalue weighted by Crippen LogP contribution is -2.12. The molecule has 0 unspecified atom stereocenters. The van der Waals surface area contributed by atoms with Crippen LogP contribution in [0.15, 0.2) is 12.3 Å². The first-order valence-corrected chi connectivity index (χ1v) is 6.21. The minimum atomic E-state index is 0.0111. The van der Waals surface area contributed by atoms with E-state index in [9.17, 15) is 5.11 Å². The number of phenols is 1. The minimum Gasteiger partial charge on any atom is -0.504 e. The van der Waals surface area contributed by atoms with Gasteiger partial charge in [-0.3, -0.25) is 4.98 Å². The van der Waals surface area contributed by atoms with Crippen molar-refractivity contribution in [1.29, 1.82) is 0 Å². The van der Waals surface area contributed by atoms with E-state index in [2.05, 4.69) is 9.97 Å². The average Bonchev–Trinajstić information content (AvgIpc) is 2.33. The van der Waals surface area contributed by atoms with Gasteiger partial charge in [0.05, 0.1) is 22.4 Å². The molecule has 0 saturated carbocycles. The molecule has 0 fully saturated rings. The van der Waals surface area contributed by atoms with E-state index in [1.807, 2.05) is 25.9 Å². The fraction of sp³-hybridized carbons (Fsp3) is 0.385. The molecule has 0 saturated heterocycles. The van der Waals surface area contributed by atoms with Crippen LogP contribution in [0.25, 0.3) is 11.0 Å². The monoisotopic (exact) mass is 265 g/mol. The van der Waals surface area contributed by atoms with Gasteiger partial charge >= 0.3 is 0 Å². The highest BCUT2D eigenvalue weighted by molar-refractivity contribution is 6.33. The maximum absolute atomic E-state index is 9.99. The molecule has 1 heterocycles. The Morgan fingerprint density at radius 1 is 1.33 bits per heavy atom. The van der Waals surface area contributed by atoms with Crippen LogP contribution < -0.4 is 0 Å². The summed E-state index contributed by atoms with van der Waals surface area (Å²) in [6, 6.07) is 1.75. The molecule has 1 N–H and O–H groups in total. The van der Waals surface area contributed by atoms with Gasteiger partial charge in [0.1, 0.15) is 5.52 Å². The molecule has 2 rings (SSSR count). The highest BCUT2D eigenvalue weighted by Crippen LogP contribution is 2.33. The lowest BCUT2D eigenvalue weighted by atomic mass is 10.1. The van der Waals surface area contributed by atoms with E-state index < -0.39 is 0 Å². The van der Waals surface area contributed by atoms with Gasteiger partial charge in [-0.2, -0.15) is 0 Å². The lowest BCUT2D eigenvalue weighted by molar-refractivity contribution is 0.396. The Hall–Kier alpha value is -1.39. The van der Waals surface area contributed by atoms with E-state index in [0.29, 0.717) is 17.1 Å². The molecule has 0 aliphatic carbocycles. The molecule has 0 bridgehead atoms. The van der Waals surface area contributed by atoms with E-state index in [-0.39, 0.29) is 5.75 Å². The molecule has 5 heteroatoms. The summed E-state index contributed by atoms with van der Waals surface area (Å²) in [5.41, 5.74) is 3.02. The molecule has 0 radical (unpaired) electrons. The van der Waals surface area contributed by atoms with Crippen LogP contribution >= 0.6 is 11.6 Å². The summed E-state index contributed by atoms with van der Waals surface area (Å²) < 4.78 is 0. The topological polar surface area (TPSA) is 49.3 Å². The second-order valence-corrected chi connectivity index (χ2v) is 4.92. The Kier molecular flexibility index (Phi) is 3.68. The van der Waals surface area contributed by atoms with E-state index >= 15 is 0 Å². The molecule has 18 heavy (non-hydrogen) atoms. The Bertz CT molecular complexity index is 584. The fourth-order valence-electron chi connectivity index (χ4n) is 1.90. The largest absolute Gasteiger partial charge is 0.504 e. The lowest BCUT2D eigenvalue weighted by Gasteiger charge is -2.11. The second-order valence-electron chi connectivity index (χ2n) is 4.52. The third kappa shape index (κ3) is 2.40. The van der Waals surface area contributed by atoms with Gasteiger partial charge in [0.25, 0.3) is 0 Å². The molecule has 1 aromatic heterocycles. The summed E-state index contributed by atoms with van der Waals surface area (Å²) in [6.07, 6.45) is 2.55. The summed E-state index contributed by atoms with van der Waals surface area (Å²) in [5, 5.41) is 10.3. The first-order chi connectivity index (χ1) is 8.52. The third-order valence-corrected chi connectivity index (χ3v) is 3.03. The standard InChI is InChI=1S/C13H16ClN3O/c1-4-8-5-10(14)13(18)12-11(8)15-6-9(16-12)7-17(2)3/h5-6,18H,4,7H2,1-3H3. The number of benzene rings is 1. The quantitative estimate of drug-likeness (QED) is 0.927. The zero-order valence-electron chi connectivity index (χ0n) is 10.7. The number of hydrogen-bond donors (Lipinski definition) is 1. The van der Waals surface area contributed by atoms with Crippen molar-refractivity contribution >= 4 is 22.6 Å². The molecule has 0 aliphatic heterocycles. The number of hydrogen-bond acceptors (Lipinski definition) is 4. The van der Waals surface area contributed by atoms with Crippen molar-refractivity contribution < 1.29 is 5.11 Å². The van der Waals surface area contributed by atoms with Gasteiger partial charge < -0.3 is 10.0 Å². The molecular weight excluding hydrogens is 250 g/mol. The van der Waals surface area contributed by atoms with Gasteiger partial charge in [-0.25, -0.2) is 4.98 Å². The number of aromatic hydroxyl groups is 1. The second kappa shape index (κ2) is 5.08. The zero-order chi connectivity index (χ0) is 13.3. The number of nitrogens with zero attached hydrogens (tertiary/aromatic N) is 3. The van der Waals surface area contributed by atoms with Gasteiger partial charge in [0, 0.05) is 6.54 Å². The van der Waals surface area contributed by atoms with Crippen molar-refractivity contribution in [3.8, 4) is 5.75 Å². The van der Waals surface area contributed by atoms with E-state index in [4.69, 9.17) is 11.6 Å². The Morgan fingerprint density at radius 3 is 2.67 bits per heavy atom. The van der Waals surface area contributed by atoms with Crippen LogP contribution in [0.5, 0.6) is 5.75 Å². The van der Waals surface area contributed by atoms with Gasteiger partial charge in [-0.05, 0) is 32.1 Å². The first-order valence-electron chi connectivity index (χ1n) is 5.83. The Morgan fingerprint density at radius 2 is 2.06 bits per heavy atom. The summed E-state index contributed by atoms with van der Waals surface area (Å²) in [4.78, 5) is 10.8. The zero-order valence-corrected chi connectivity index (χ0v) is 11.5. The van der Waals surface area contributed by atoms with Crippen LogP contribution in [-0.4, -0.2) is 34.1 Å². The molecule has 2 aromatic rings. The van der Waals surface area contributed by atoms with Crippen molar-refractivity contribution in [1.82, 2.24) is 14.9 Å². The van der Waals surface area contributed by atoms with Crippen LogP contribution in [0, 0.1) is 0 Å². The van der Waals surface area contributed by atoms with Crippen molar-refractivity contribution in [3.63, 3.8) is 0 Å².